The van der Waals surface area contributed by atoms with Crippen molar-refractivity contribution in [3.05, 3.63) is 23.8 Å². The molecule has 0 amide bonds. The van der Waals surface area contributed by atoms with Gasteiger partial charge in [-0.25, -0.2) is 0 Å². The van der Waals surface area contributed by atoms with Crippen LogP contribution < -0.4 is 4.74 Å². The van der Waals surface area contributed by atoms with Crippen LogP contribution in [0.3, 0.4) is 0 Å². The number of carboxylic acids is 1. The zero-order valence-electron chi connectivity index (χ0n) is 18.4. The molecule has 0 spiro atoms. The van der Waals surface area contributed by atoms with Crippen LogP contribution in [-0.4, -0.2) is 116 Å². The second kappa shape index (κ2) is 12.1. The molecule has 8 nitrogen and oxygen atoms in total. The quantitative estimate of drug-likeness (QED) is 0.553. The third-order valence-electron chi connectivity index (χ3n) is 5.55. The average molecular weight is 436 g/mol. The van der Waals surface area contributed by atoms with Gasteiger partial charge < -0.3 is 24.5 Å². The molecule has 0 aliphatic carbocycles. The van der Waals surface area contributed by atoms with E-state index in [2.05, 4.69) is 46.0 Å². The molecule has 0 bridgehead atoms. The van der Waals surface area contributed by atoms with Crippen LogP contribution in [0.2, 0.25) is 0 Å². The van der Waals surface area contributed by atoms with Crippen molar-refractivity contribution >= 4 is 29.0 Å². The Labute approximate surface area is 184 Å². The van der Waals surface area contributed by atoms with Gasteiger partial charge in [-0.1, -0.05) is 0 Å². The van der Waals surface area contributed by atoms with E-state index in [-0.39, 0.29) is 0 Å². The number of aliphatic imine (C=N–C) groups is 1. The smallest absolute Gasteiger partial charge is 0.325 e. The number of nitrogens with zero attached hydrogens (tertiary/aromatic N) is 5. The minimum Gasteiger partial charge on any atom is -0.496 e. The van der Waals surface area contributed by atoms with Crippen LogP contribution in [0.25, 0.3) is 0 Å². The maximum Gasteiger partial charge on any atom is 0.325 e. The molecule has 1 fully saturated rings. The Hall–Kier alpha value is -1.87. The Kier molecular flexibility index (Phi) is 9.84. The molecule has 1 saturated heterocycles. The molecule has 30 heavy (non-hydrogen) atoms. The fraction of sp³-hybridized carbons (Fsp3) is 0.619. The lowest BCUT2D eigenvalue weighted by atomic mass is 10.0. The number of ether oxygens (including phenoxy) is 1. The molecule has 0 radical (unpaired) electrons. The number of rotatable bonds is 5. The second-order valence-corrected chi connectivity index (χ2v) is 8.00. The van der Waals surface area contributed by atoms with Gasteiger partial charge in [0.15, 0.2) is 0 Å². The first-order valence-corrected chi connectivity index (χ1v) is 10.5. The van der Waals surface area contributed by atoms with E-state index in [0.29, 0.717) is 30.1 Å². The SMILES string of the molecule is COc1ccc(N=C=S)cc1C(C(=O)O)N1CCN(C)CCN(C)CCN(C)CC1. The first-order chi connectivity index (χ1) is 14.3. The van der Waals surface area contributed by atoms with Crippen LogP contribution in [-0.2, 0) is 4.79 Å². The molecule has 1 aliphatic heterocycles. The Morgan fingerprint density at radius 1 is 1.03 bits per heavy atom. The first-order valence-electron chi connectivity index (χ1n) is 10.1. The molecule has 1 heterocycles. The predicted molar refractivity (Wildman–Crippen MR) is 122 cm³/mol. The minimum absolute atomic E-state index is 0.528. The summed E-state index contributed by atoms with van der Waals surface area (Å²) < 4.78 is 5.49. The third-order valence-corrected chi connectivity index (χ3v) is 5.64. The molecule has 0 saturated carbocycles. The maximum atomic E-state index is 12.4. The topological polar surface area (TPSA) is 71.8 Å². The van der Waals surface area contributed by atoms with Gasteiger partial charge in [-0.2, -0.15) is 4.99 Å². The monoisotopic (exact) mass is 435 g/mol. The summed E-state index contributed by atoms with van der Waals surface area (Å²) in [4.78, 5) is 25.3. The number of thiocarbonyl (C=S) groups is 1. The molecule has 1 N–H and O–H groups in total. The zero-order valence-corrected chi connectivity index (χ0v) is 19.2. The molecule has 1 aromatic carbocycles. The van der Waals surface area contributed by atoms with E-state index in [0.717, 1.165) is 39.3 Å². The van der Waals surface area contributed by atoms with Gasteiger partial charge in [-0.3, -0.25) is 9.69 Å². The van der Waals surface area contributed by atoms with E-state index in [4.69, 9.17) is 17.0 Å². The van der Waals surface area contributed by atoms with E-state index in [1.54, 1.807) is 25.3 Å². The van der Waals surface area contributed by atoms with Crippen LogP contribution in [0, 0.1) is 0 Å². The maximum absolute atomic E-state index is 12.4. The van der Waals surface area contributed by atoms with Crippen LogP contribution in [0.4, 0.5) is 5.69 Å². The summed E-state index contributed by atoms with van der Waals surface area (Å²) in [6, 6.07) is 4.37. The highest BCUT2D eigenvalue weighted by Crippen LogP contribution is 2.33. The van der Waals surface area contributed by atoms with Gasteiger partial charge in [0, 0.05) is 57.9 Å². The standard InChI is InChI=1S/C21H33N5O3S/c1-23-7-9-24(2)11-13-26(14-12-25(3)10-8-23)20(21(27)28)18-15-17(22-16-30)5-6-19(18)29-4/h5-6,15,20H,7-14H2,1-4H3,(H,27,28). The largest absolute Gasteiger partial charge is 0.496 e. The van der Waals surface area contributed by atoms with Crippen LogP contribution in [0.5, 0.6) is 5.75 Å². The molecule has 1 atom stereocenters. The van der Waals surface area contributed by atoms with Crippen molar-refractivity contribution in [2.24, 2.45) is 4.99 Å². The van der Waals surface area contributed by atoms with Gasteiger partial charge in [0.05, 0.1) is 18.0 Å². The normalized spacial score (nSPS) is 19.9. The molecule has 1 aromatic rings. The Bertz CT molecular complexity index is 738. The van der Waals surface area contributed by atoms with Crippen molar-refractivity contribution in [3.8, 4) is 5.75 Å². The van der Waals surface area contributed by atoms with E-state index in [1.165, 1.54) is 0 Å². The molecular weight excluding hydrogens is 402 g/mol. The van der Waals surface area contributed by atoms with Gasteiger partial charge in [0.1, 0.15) is 11.8 Å². The highest BCUT2D eigenvalue weighted by molar-refractivity contribution is 7.78. The third kappa shape index (κ3) is 7.12. The number of carbonyl (C=O) groups is 1. The average Bonchev–Trinajstić information content (AvgIpc) is 2.71. The highest BCUT2D eigenvalue weighted by Gasteiger charge is 2.30. The number of carboxylic acid groups (broad SMARTS) is 1. The van der Waals surface area contributed by atoms with Gasteiger partial charge >= 0.3 is 5.97 Å². The van der Waals surface area contributed by atoms with Gasteiger partial charge in [-0.05, 0) is 51.6 Å². The number of aliphatic carboxylic acids is 1. The Morgan fingerprint density at radius 2 is 1.53 bits per heavy atom. The number of likely N-dealkylation sites (N-methyl/N-ethyl adjacent to an activating group) is 3. The predicted octanol–water partition coefficient (Wildman–Crippen LogP) is 1.67. The lowest BCUT2D eigenvalue weighted by Gasteiger charge is -2.34. The molecule has 9 heteroatoms. The lowest BCUT2D eigenvalue weighted by Crippen LogP contribution is -2.45. The number of methoxy groups -OCH3 is 1. The first kappa shape index (κ1) is 24.4. The molecular formula is C21H33N5O3S. The summed E-state index contributed by atoms with van der Waals surface area (Å²) in [6.45, 7) is 6.67. The highest BCUT2D eigenvalue weighted by atomic mass is 32.1. The van der Waals surface area contributed by atoms with Gasteiger partial charge in [-0.15, -0.1) is 0 Å². The summed E-state index contributed by atoms with van der Waals surface area (Å²) in [7, 11) is 7.85. The molecule has 2 rings (SSSR count). The summed E-state index contributed by atoms with van der Waals surface area (Å²) in [5.74, 6) is -0.380. The second-order valence-electron chi connectivity index (χ2n) is 7.82. The minimum atomic E-state index is -0.908. The van der Waals surface area contributed by atoms with Crippen molar-refractivity contribution in [1.82, 2.24) is 19.6 Å². The van der Waals surface area contributed by atoms with Gasteiger partial charge in [0.25, 0.3) is 0 Å². The fourth-order valence-electron chi connectivity index (χ4n) is 3.53. The molecule has 1 unspecified atom stereocenters. The summed E-state index contributed by atoms with van der Waals surface area (Å²) in [6.07, 6.45) is 0. The van der Waals surface area contributed by atoms with E-state index in [1.807, 2.05) is 4.90 Å². The van der Waals surface area contributed by atoms with Gasteiger partial charge in [0.2, 0.25) is 0 Å². The number of isothiocyanates is 1. The van der Waals surface area contributed by atoms with Crippen LogP contribution in [0.1, 0.15) is 11.6 Å². The van der Waals surface area contributed by atoms with Crippen LogP contribution in [0.15, 0.2) is 23.2 Å². The zero-order chi connectivity index (χ0) is 22.1. The molecule has 0 aromatic heterocycles. The number of hydrogen-bond donors (Lipinski definition) is 1. The fourth-order valence-corrected chi connectivity index (χ4v) is 3.64. The lowest BCUT2D eigenvalue weighted by molar-refractivity contribution is -0.143. The Morgan fingerprint density at radius 3 is 1.97 bits per heavy atom. The summed E-state index contributed by atoms with van der Waals surface area (Å²) in [5, 5.41) is 12.5. The van der Waals surface area contributed by atoms with Crippen molar-refractivity contribution in [3.63, 3.8) is 0 Å². The van der Waals surface area contributed by atoms with E-state index >= 15 is 0 Å². The van der Waals surface area contributed by atoms with Crippen molar-refractivity contribution < 1.29 is 14.6 Å². The van der Waals surface area contributed by atoms with E-state index in [9.17, 15) is 9.90 Å². The Balaban J connectivity index is 2.36. The summed E-state index contributed by atoms with van der Waals surface area (Å²) >= 11 is 4.71. The summed E-state index contributed by atoms with van der Waals surface area (Å²) in [5.41, 5.74) is 1.15. The van der Waals surface area contributed by atoms with E-state index < -0.39 is 12.0 Å². The molecule has 1 aliphatic rings. The number of benzene rings is 1. The van der Waals surface area contributed by atoms with Crippen molar-refractivity contribution in [2.45, 2.75) is 6.04 Å². The van der Waals surface area contributed by atoms with Crippen molar-refractivity contribution in [2.75, 3.05) is 80.6 Å². The number of hydrogen-bond acceptors (Lipinski definition) is 8. The van der Waals surface area contributed by atoms with Crippen molar-refractivity contribution in [1.29, 1.82) is 0 Å². The molecule has 166 valence electrons. The van der Waals surface area contributed by atoms with Crippen LogP contribution >= 0.6 is 12.2 Å².